The summed E-state index contributed by atoms with van der Waals surface area (Å²) in [7, 11) is 0. The minimum atomic E-state index is -0.133. The van der Waals surface area contributed by atoms with Crippen LogP contribution in [0.5, 0.6) is 0 Å². The van der Waals surface area contributed by atoms with Crippen molar-refractivity contribution in [3.05, 3.63) is 53.6 Å². The van der Waals surface area contributed by atoms with Crippen LogP contribution in [0.15, 0.2) is 36.5 Å². The minimum absolute atomic E-state index is 0.104. The Morgan fingerprint density at radius 3 is 2.68 bits per heavy atom. The van der Waals surface area contributed by atoms with Crippen LogP contribution in [0.2, 0.25) is 0 Å². The van der Waals surface area contributed by atoms with Crippen molar-refractivity contribution in [2.24, 2.45) is 5.92 Å². The van der Waals surface area contributed by atoms with E-state index in [1.165, 1.54) is 6.07 Å². The number of halogens is 1. The van der Waals surface area contributed by atoms with Gasteiger partial charge in [-0.25, -0.2) is 4.39 Å². The second-order valence-electron chi connectivity index (χ2n) is 8.90. The van der Waals surface area contributed by atoms with Crippen molar-refractivity contribution in [3.8, 4) is 0 Å². The van der Waals surface area contributed by atoms with E-state index in [4.69, 9.17) is 4.74 Å². The molecule has 4 rings (SSSR count). The van der Waals surface area contributed by atoms with Gasteiger partial charge < -0.3 is 9.64 Å². The zero-order chi connectivity index (χ0) is 21.6. The summed E-state index contributed by atoms with van der Waals surface area (Å²) in [6.45, 7) is 6.92. The number of nitrogens with zero attached hydrogens (tertiary/aromatic N) is 4. The quantitative estimate of drug-likeness (QED) is 0.648. The molecule has 2 aliphatic heterocycles. The molecular weight excluding hydrogens is 395 g/mol. The summed E-state index contributed by atoms with van der Waals surface area (Å²) in [4.78, 5) is 17.4. The molecule has 2 aromatic rings. The van der Waals surface area contributed by atoms with Crippen molar-refractivity contribution in [1.82, 2.24) is 19.6 Å². The smallest absolute Gasteiger partial charge is 0.244 e. The molecular formula is C24H33FN4O2. The fraction of sp³-hybridized carbons (Fsp3) is 0.583. The van der Waals surface area contributed by atoms with E-state index in [-0.39, 0.29) is 24.4 Å². The Bertz CT molecular complexity index is 857. The monoisotopic (exact) mass is 428 g/mol. The van der Waals surface area contributed by atoms with Crippen molar-refractivity contribution in [1.29, 1.82) is 0 Å². The number of piperidine rings is 1. The highest BCUT2D eigenvalue weighted by molar-refractivity contribution is 5.76. The van der Waals surface area contributed by atoms with Gasteiger partial charge in [-0.1, -0.05) is 18.2 Å². The highest BCUT2D eigenvalue weighted by Crippen LogP contribution is 2.22. The largest absolute Gasteiger partial charge is 0.376 e. The van der Waals surface area contributed by atoms with Gasteiger partial charge in [-0.2, -0.15) is 5.10 Å². The molecule has 0 unspecified atom stereocenters. The fourth-order valence-corrected chi connectivity index (χ4v) is 4.61. The van der Waals surface area contributed by atoms with Gasteiger partial charge in [0.1, 0.15) is 12.4 Å². The summed E-state index contributed by atoms with van der Waals surface area (Å²) < 4.78 is 21.5. The summed E-state index contributed by atoms with van der Waals surface area (Å²) in [6.07, 6.45) is 6.13. The van der Waals surface area contributed by atoms with Crippen LogP contribution in [-0.4, -0.2) is 64.4 Å². The number of benzene rings is 1. The van der Waals surface area contributed by atoms with Crippen LogP contribution in [0.25, 0.3) is 0 Å². The fourth-order valence-electron chi connectivity index (χ4n) is 4.61. The first kappa shape index (κ1) is 22.0. The molecule has 6 nitrogen and oxygen atoms in total. The van der Waals surface area contributed by atoms with Gasteiger partial charge in [-0.3, -0.25) is 14.4 Å². The highest BCUT2D eigenvalue weighted by Gasteiger charge is 2.27. The van der Waals surface area contributed by atoms with Gasteiger partial charge in [-0.15, -0.1) is 0 Å². The maximum Gasteiger partial charge on any atom is 0.244 e. The first-order valence-corrected chi connectivity index (χ1v) is 11.4. The molecule has 0 spiro atoms. The van der Waals surface area contributed by atoms with E-state index in [2.05, 4.69) is 10.00 Å². The van der Waals surface area contributed by atoms with Crippen LogP contribution in [0, 0.1) is 18.7 Å². The Hall–Kier alpha value is -2.25. The lowest BCUT2D eigenvalue weighted by Crippen LogP contribution is -2.44. The van der Waals surface area contributed by atoms with E-state index in [0.29, 0.717) is 19.0 Å². The van der Waals surface area contributed by atoms with E-state index < -0.39 is 0 Å². The first-order valence-electron chi connectivity index (χ1n) is 11.4. The van der Waals surface area contributed by atoms with Crippen molar-refractivity contribution >= 4 is 5.91 Å². The van der Waals surface area contributed by atoms with Crippen molar-refractivity contribution in [2.75, 3.05) is 32.8 Å². The van der Waals surface area contributed by atoms with Crippen LogP contribution in [0.1, 0.15) is 36.9 Å². The number of carbonyl (C=O) groups excluding carboxylic acids is 1. The molecule has 0 saturated carbocycles. The molecule has 3 heterocycles. The molecule has 2 saturated heterocycles. The van der Waals surface area contributed by atoms with Gasteiger partial charge in [0, 0.05) is 38.0 Å². The summed E-state index contributed by atoms with van der Waals surface area (Å²) in [5.41, 5.74) is 1.67. The molecule has 2 aliphatic rings. The molecule has 1 aromatic heterocycles. The summed E-state index contributed by atoms with van der Waals surface area (Å²) in [5.74, 6) is 0.431. The second kappa shape index (κ2) is 10.4. The number of carbonyl (C=O) groups is 1. The molecule has 168 valence electrons. The van der Waals surface area contributed by atoms with Gasteiger partial charge in [0.25, 0.3) is 0 Å². The highest BCUT2D eigenvalue weighted by atomic mass is 19.1. The minimum Gasteiger partial charge on any atom is -0.376 e. The second-order valence-corrected chi connectivity index (χ2v) is 8.90. The van der Waals surface area contributed by atoms with Gasteiger partial charge in [0.05, 0.1) is 11.8 Å². The lowest BCUT2D eigenvalue weighted by atomic mass is 9.95. The van der Waals surface area contributed by atoms with Crippen LogP contribution in [0.3, 0.4) is 0 Å². The Kier molecular flexibility index (Phi) is 7.35. The molecule has 0 N–H and O–H groups in total. The summed E-state index contributed by atoms with van der Waals surface area (Å²) in [5, 5.41) is 4.37. The molecule has 0 bridgehead atoms. The number of likely N-dealkylation sites (tertiary alicyclic amines) is 1. The average molecular weight is 429 g/mol. The SMILES string of the molecule is Cc1ccn(CC(=O)N(CC2CCN(Cc3ccccc3F)CC2)C[C@H]2CCCO2)n1. The molecule has 0 aliphatic carbocycles. The number of hydrogen-bond donors (Lipinski definition) is 0. The predicted octanol–water partition coefficient (Wildman–Crippen LogP) is 3.25. The van der Waals surface area contributed by atoms with Crippen molar-refractivity contribution in [3.63, 3.8) is 0 Å². The van der Waals surface area contributed by atoms with Gasteiger partial charge >= 0.3 is 0 Å². The molecule has 31 heavy (non-hydrogen) atoms. The number of aromatic nitrogens is 2. The number of hydrogen-bond acceptors (Lipinski definition) is 4. The maximum absolute atomic E-state index is 14.0. The molecule has 7 heteroatoms. The molecule has 2 fully saturated rings. The third-order valence-corrected chi connectivity index (χ3v) is 6.41. The molecule has 1 aromatic carbocycles. The molecule has 1 amide bonds. The number of aryl methyl sites for hydroxylation is 1. The van der Waals surface area contributed by atoms with Gasteiger partial charge in [-0.05, 0) is 63.7 Å². The lowest BCUT2D eigenvalue weighted by molar-refractivity contribution is -0.134. The Morgan fingerprint density at radius 1 is 1.19 bits per heavy atom. The normalized spacial score (nSPS) is 20.3. The standard InChI is InChI=1S/C24H33FN4O2/c1-19-8-13-29(26-19)18-24(30)28(17-22-6-4-14-31-22)15-20-9-11-27(12-10-20)16-21-5-2-3-7-23(21)25/h2-3,5,7-8,13,20,22H,4,6,9-12,14-18H2,1H3/t22-/m1/s1. The molecule has 0 radical (unpaired) electrons. The topological polar surface area (TPSA) is 50.6 Å². The Balaban J connectivity index is 1.32. The Morgan fingerprint density at radius 2 is 2.00 bits per heavy atom. The summed E-state index contributed by atoms with van der Waals surface area (Å²) in [6, 6.07) is 8.93. The molecule has 1 atom stereocenters. The predicted molar refractivity (Wildman–Crippen MR) is 117 cm³/mol. The van der Waals surface area contributed by atoms with E-state index in [0.717, 1.165) is 63.2 Å². The average Bonchev–Trinajstić information content (AvgIpc) is 3.42. The van der Waals surface area contributed by atoms with Gasteiger partial charge in [0.15, 0.2) is 0 Å². The maximum atomic E-state index is 14.0. The van der Waals surface area contributed by atoms with Gasteiger partial charge in [0.2, 0.25) is 5.91 Å². The van der Waals surface area contributed by atoms with Crippen LogP contribution in [0.4, 0.5) is 4.39 Å². The first-order chi connectivity index (χ1) is 15.1. The van der Waals surface area contributed by atoms with E-state index in [1.54, 1.807) is 10.7 Å². The van der Waals surface area contributed by atoms with E-state index in [1.807, 2.05) is 36.2 Å². The van der Waals surface area contributed by atoms with Crippen LogP contribution < -0.4 is 0 Å². The van der Waals surface area contributed by atoms with E-state index in [9.17, 15) is 9.18 Å². The van der Waals surface area contributed by atoms with E-state index >= 15 is 0 Å². The van der Waals surface area contributed by atoms with Crippen molar-refractivity contribution in [2.45, 2.75) is 51.8 Å². The van der Waals surface area contributed by atoms with Crippen LogP contribution in [-0.2, 0) is 22.6 Å². The van der Waals surface area contributed by atoms with Crippen molar-refractivity contribution < 1.29 is 13.9 Å². The number of rotatable bonds is 8. The summed E-state index contributed by atoms with van der Waals surface area (Å²) >= 11 is 0. The number of ether oxygens (including phenoxy) is 1. The van der Waals surface area contributed by atoms with Crippen LogP contribution >= 0.6 is 0 Å². The number of amides is 1. The third kappa shape index (κ3) is 6.14. The third-order valence-electron chi connectivity index (χ3n) is 6.41. The zero-order valence-corrected chi connectivity index (χ0v) is 18.4. The zero-order valence-electron chi connectivity index (χ0n) is 18.4. The Labute approximate surface area is 184 Å². The lowest BCUT2D eigenvalue weighted by Gasteiger charge is -2.35.